The Hall–Kier alpha value is -0.810. The third kappa shape index (κ3) is 7.67. The molecule has 21 heavy (non-hydrogen) atoms. The first-order valence-corrected chi connectivity index (χ1v) is 8.43. The predicted molar refractivity (Wildman–Crippen MR) is 92.0 cm³/mol. The molecule has 1 fully saturated rings. The van der Waals surface area contributed by atoms with E-state index in [0.717, 1.165) is 51.1 Å². The number of likely N-dealkylation sites (N-methyl/N-ethyl adjacent to an activating group) is 2. The van der Waals surface area contributed by atoms with Gasteiger partial charge in [-0.1, -0.05) is 13.8 Å². The highest BCUT2D eigenvalue weighted by atomic mass is 15.3. The average Bonchev–Trinajstić information content (AvgIpc) is 2.43. The molecule has 5 nitrogen and oxygen atoms in total. The fraction of sp³-hybridized carbons (Fsp3) is 0.938. The summed E-state index contributed by atoms with van der Waals surface area (Å²) in [4.78, 5) is 9.58. The van der Waals surface area contributed by atoms with Gasteiger partial charge in [-0.3, -0.25) is 9.89 Å². The molecule has 5 heteroatoms. The molecule has 1 rings (SSSR count). The lowest BCUT2D eigenvalue weighted by atomic mass is 10.1. The molecule has 2 N–H and O–H groups in total. The fourth-order valence-electron chi connectivity index (χ4n) is 2.55. The number of hydrogen-bond donors (Lipinski definition) is 2. The summed E-state index contributed by atoms with van der Waals surface area (Å²) >= 11 is 0. The van der Waals surface area contributed by atoms with Gasteiger partial charge in [-0.2, -0.15) is 0 Å². The second kappa shape index (κ2) is 10.0. The fourth-order valence-corrected chi connectivity index (χ4v) is 2.55. The number of nitrogens with zero attached hydrogens (tertiary/aromatic N) is 3. The predicted octanol–water partition coefficient (Wildman–Crippen LogP) is 1.22. The number of rotatable bonds is 7. The van der Waals surface area contributed by atoms with Gasteiger partial charge in [0.1, 0.15) is 0 Å². The first-order valence-electron chi connectivity index (χ1n) is 8.43. The van der Waals surface area contributed by atoms with E-state index in [1.54, 1.807) is 0 Å². The van der Waals surface area contributed by atoms with E-state index in [2.05, 4.69) is 55.3 Å². The zero-order valence-corrected chi connectivity index (χ0v) is 14.7. The zero-order chi connectivity index (χ0) is 15.7. The van der Waals surface area contributed by atoms with Gasteiger partial charge in [0.2, 0.25) is 0 Å². The maximum absolute atomic E-state index is 4.76. The first kappa shape index (κ1) is 18.2. The topological polar surface area (TPSA) is 42.9 Å². The van der Waals surface area contributed by atoms with E-state index in [-0.39, 0.29) is 0 Å². The Morgan fingerprint density at radius 2 is 2.00 bits per heavy atom. The lowest BCUT2D eigenvalue weighted by molar-refractivity contribution is 0.119. The Balaban J connectivity index is 2.39. The standard InChI is InChI=1S/C16H35N5/c1-6-17-16(18-9-7-8-14(2)3)19-12-15-13-20(4)10-11-21(15)5/h14-15H,6-13H2,1-5H3,(H2,17,18,19). The molecule has 0 aromatic rings. The van der Waals surface area contributed by atoms with Crippen LogP contribution in [0.25, 0.3) is 0 Å². The van der Waals surface area contributed by atoms with Crippen molar-refractivity contribution in [1.82, 2.24) is 20.4 Å². The van der Waals surface area contributed by atoms with E-state index in [0.29, 0.717) is 6.04 Å². The van der Waals surface area contributed by atoms with E-state index in [9.17, 15) is 0 Å². The van der Waals surface area contributed by atoms with Crippen molar-refractivity contribution in [2.45, 2.75) is 39.7 Å². The zero-order valence-electron chi connectivity index (χ0n) is 14.7. The molecule has 0 aromatic carbocycles. The van der Waals surface area contributed by atoms with Crippen molar-refractivity contribution < 1.29 is 0 Å². The smallest absolute Gasteiger partial charge is 0.191 e. The lowest BCUT2D eigenvalue weighted by Crippen LogP contribution is -2.51. The summed E-state index contributed by atoms with van der Waals surface area (Å²) in [5, 5.41) is 6.79. The molecule has 0 saturated carbocycles. The molecule has 0 spiro atoms. The van der Waals surface area contributed by atoms with Crippen molar-refractivity contribution in [3.8, 4) is 0 Å². The van der Waals surface area contributed by atoms with Crippen molar-refractivity contribution in [2.24, 2.45) is 10.9 Å². The van der Waals surface area contributed by atoms with E-state index in [1.165, 1.54) is 12.8 Å². The molecular weight excluding hydrogens is 262 g/mol. The van der Waals surface area contributed by atoms with Gasteiger partial charge in [0.25, 0.3) is 0 Å². The molecule has 1 heterocycles. The maximum Gasteiger partial charge on any atom is 0.191 e. The summed E-state index contributed by atoms with van der Waals surface area (Å²) in [5.41, 5.74) is 0. The van der Waals surface area contributed by atoms with Gasteiger partial charge in [-0.05, 0) is 39.8 Å². The Morgan fingerprint density at radius 1 is 1.24 bits per heavy atom. The Bertz CT molecular complexity index is 303. The monoisotopic (exact) mass is 297 g/mol. The van der Waals surface area contributed by atoms with E-state index >= 15 is 0 Å². The second-order valence-corrected chi connectivity index (χ2v) is 6.58. The van der Waals surface area contributed by atoms with Crippen LogP contribution in [0, 0.1) is 5.92 Å². The quantitative estimate of drug-likeness (QED) is 0.421. The van der Waals surface area contributed by atoms with E-state index in [4.69, 9.17) is 4.99 Å². The molecule has 0 bridgehead atoms. The second-order valence-electron chi connectivity index (χ2n) is 6.58. The number of aliphatic imine (C=N–C) groups is 1. The molecule has 0 aromatic heterocycles. The van der Waals surface area contributed by atoms with Crippen molar-refractivity contribution in [3.05, 3.63) is 0 Å². The third-order valence-corrected chi connectivity index (χ3v) is 4.04. The minimum absolute atomic E-state index is 0.523. The highest BCUT2D eigenvalue weighted by molar-refractivity contribution is 5.79. The highest BCUT2D eigenvalue weighted by Crippen LogP contribution is 2.06. The van der Waals surface area contributed by atoms with Gasteiger partial charge < -0.3 is 15.5 Å². The van der Waals surface area contributed by atoms with Gasteiger partial charge in [0, 0.05) is 38.8 Å². The number of guanidine groups is 1. The molecular formula is C16H35N5. The highest BCUT2D eigenvalue weighted by Gasteiger charge is 2.21. The van der Waals surface area contributed by atoms with Crippen LogP contribution < -0.4 is 10.6 Å². The van der Waals surface area contributed by atoms with Gasteiger partial charge in [-0.25, -0.2) is 0 Å². The van der Waals surface area contributed by atoms with Crippen LogP contribution in [-0.2, 0) is 0 Å². The van der Waals surface area contributed by atoms with E-state index < -0.39 is 0 Å². The Morgan fingerprint density at radius 3 is 2.67 bits per heavy atom. The van der Waals surface area contributed by atoms with Gasteiger partial charge in [0.05, 0.1) is 6.54 Å². The van der Waals surface area contributed by atoms with Gasteiger partial charge >= 0.3 is 0 Å². The van der Waals surface area contributed by atoms with Gasteiger partial charge in [-0.15, -0.1) is 0 Å². The Labute approximate surface area is 131 Å². The molecule has 1 unspecified atom stereocenters. The van der Waals surface area contributed by atoms with Crippen LogP contribution in [0.1, 0.15) is 33.6 Å². The number of piperazine rings is 1. The van der Waals surface area contributed by atoms with Crippen LogP contribution in [0.5, 0.6) is 0 Å². The van der Waals surface area contributed by atoms with Crippen molar-refractivity contribution in [2.75, 3.05) is 53.4 Å². The molecule has 0 radical (unpaired) electrons. The average molecular weight is 297 g/mol. The van der Waals surface area contributed by atoms with Crippen LogP contribution in [0.3, 0.4) is 0 Å². The molecule has 1 atom stereocenters. The van der Waals surface area contributed by atoms with Crippen LogP contribution in [0.2, 0.25) is 0 Å². The van der Waals surface area contributed by atoms with Crippen molar-refractivity contribution in [1.29, 1.82) is 0 Å². The van der Waals surface area contributed by atoms with Crippen LogP contribution >= 0.6 is 0 Å². The number of nitrogens with one attached hydrogen (secondary N) is 2. The van der Waals surface area contributed by atoms with Crippen LogP contribution in [0.4, 0.5) is 0 Å². The summed E-state index contributed by atoms with van der Waals surface area (Å²) < 4.78 is 0. The van der Waals surface area contributed by atoms with Crippen molar-refractivity contribution in [3.63, 3.8) is 0 Å². The van der Waals surface area contributed by atoms with E-state index in [1.807, 2.05) is 0 Å². The Kier molecular flexibility index (Phi) is 8.69. The molecule has 1 aliphatic rings. The molecule has 124 valence electrons. The normalized spacial score (nSPS) is 21.8. The molecule has 0 aliphatic carbocycles. The summed E-state index contributed by atoms with van der Waals surface area (Å²) in [6.07, 6.45) is 2.47. The van der Waals surface area contributed by atoms with Crippen molar-refractivity contribution >= 4 is 5.96 Å². The largest absolute Gasteiger partial charge is 0.357 e. The molecule has 1 saturated heterocycles. The summed E-state index contributed by atoms with van der Waals surface area (Å²) in [6, 6.07) is 0.523. The maximum atomic E-state index is 4.76. The van der Waals surface area contributed by atoms with Crippen LogP contribution in [-0.4, -0.2) is 75.2 Å². The van der Waals surface area contributed by atoms with Gasteiger partial charge in [0.15, 0.2) is 5.96 Å². The molecule has 0 amide bonds. The third-order valence-electron chi connectivity index (χ3n) is 4.04. The summed E-state index contributed by atoms with van der Waals surface area (Å²) in [7, 11) is 4.40. The number of hydrogen-bond acceptors (Lipinski definition) is 3. The molecule has 1 aliphatic heterocycles. The first-order chi connectivity index (χ1) is 10.0. The minimum atomic E-state index is 0.523. The SMILES string of the molecule is CCNC(=NCC1CN(C)CCN1C)NCCCC(C)C. The summed E-state index contributed by atoms with van der Waals surface area (Å²) in [6.45, 7) is 12.8. The van der Waals surface area contributed by atoms with Crippen LogP contribution in [0.15, 0.2) is 4.99 Å². The summed E-state index contributed by atoms with van der Waals surface area (Å²) in [5.74, 6) is 1.74. The minimum Gasteiger partial charge on any atom is -0.357 e. The lowest BCUT2D eigenvalue weighted by Gasteiger charge is -2.36.